The number of nitrogens with one attached hydrogen (secondary N) is 1. The van der Waals surface area contributed by atoms with Gasteiger partial charge in [-0.25, -0.2) is 4.98 Å². The standard InChI is InChI=1S/C19H25N3OS2/c23-19(20-9-12-22-10-5-1-2-6-11-22)17-7-3-4-8-18(17)25-14-16-13-24-15-21-16/h3-4,7-8,13,15H,1-2,5-6,9-12,14H2,(H,20,23). The van der Waals surface area contributed by atoms with Crippen molar-refractivity contribution in [3.63, 3.8) is 0 Å². The molecule has 0 aliphatic carbocycles. The van der Waals surface area contributed by atoms with Crippen molar-refractivity contribution in [1.29, 1.82) is 0 Å². The molecule has 1 aromatic heterocycles. The van der Waals surface area contributed by atoms with E-state index >= 15 is 0 Å². The fraction of sp³-hybridized carbons (Fsp3) is 0.474. The number of aromatic nitrogens is 1. The molecule has 0 bridgehead atoms. The molecule has 0 unspecified atom stereocenters. The van der Waals surface area contributed by atoms with Crippen LogP contribution in [-0.4, -0.2) is 42.0 Å². The zero-order valence-corrected chi connectivity index (χ0v) is 16.1. The van der Waals surface area contributed by atoms with Crippen LogP contribution in [0, 0.1) is 0 Å². The summed E-state index contributed by atoms with van der Waals surface area (Å²) >= 11 is 3.27. The first-order valence-corrected chi connectivity index (χ1v) is 10.9. The second kappa shape index (κ2) is 9.94. The Hall–Kier alpha value is -1.37. The van der Waals surface area contributed by atoms with E-state index in [0.717, 1.165) is 41.5 Å². The molecule has 1 amide bonds. The highest BCUT2D eigenvalue weighted by atomic mass is 32.2. The van der Waals surface area contributed by atoms with Crippen molar-refractivity contribution in [2.75, 3.05) is 26.2 Å². The Labute approximate surface area is 158 Å². The molecule has 0 atom stereocenters. The summed E-state index contributed by atoms with van der Waals surface area (Å²) in [7, 11) is 0. The van der Waals surface area contributed by atoms with E-state index in [1.54, 1.807) is 23.1 Å². The van der Waals surface area contributed by atoms with Gasteiger partial charge in [-0.15, -0.1) is 23.1 Å². The molecule has 0 spiro atoms. The van der Waals surface area contributed by atoms with Crippen LogP contribution in [-0.2, 0) is 5.75 Å². The third-order valence-corrected chi connectivity index (χ3v) is 6.15. The summed E-state index contributed by atoms with van der Waals surface area (Å²) in [5.74, 6) is 0.817. The molecule has 3 rings (SSSR count). The number of rotatable bonds is 7. The second-order valence-corrected chi connectivity index (χ2v) is 8.01. The van der Waals surface area contributed by atoms with Gasteiger partial charge in [-0.3, -0.25) is 4.79 Å². The van der Waals surface area contributed by atoms with E-state index in [1.165, 1.54) is 25.7 Å². The summed E-state index contributed by atoms with van der Waals surface area (Å²) in [5.41, 5.74) is 3.67. The molecule has 1 N–H and O–H groups in total. The van der Waals surface area contributed by atoms with Crippen LogP contribution in [0.2, 0.25) is 0 Å². The van der Waals surface area contributed by atoms with Crippen molar-refractivity contribution in [3.05, 3.63) is 46.4 Å². The van der Waals surface area contributed by atoms with Gasteiger partial charge < -0.3 is 10.2 Å². The summed E-state index contributed by atoms with van der Waals surface area (Å²) in [6, 6.07) is 7.83. The maximum absolute atomic E-state index is 12.6. The number of nitrogens with zero attached hydrogens (tertiary/aromatic N) is 2. The van der Waals surface area contributed by atoms with Gasteiger partial charge >= 0.3 is 0 Å². The van der Waals surface area contributed by atoms with Crippen LogP contribution in [0.5, 0.6) is 0 Å². The predicted molar refractivity (Wildman–Crippen MR) is 105 cm³/mol. The van der Waals surface area contributed by atoms with Crippen LogP contribution < -0.4 is 5.32 Å². The minimum atomic E-state index is 0.0243. The first-order chi connectivity index (χ1) is 12.3. The van der Waals surface area contributed by atoms with E-state index in [9.17, 15) is 4.79 Å². The van der Waals surface area contributed by atoms with Crippen LogP contribution >= 0.6 is 23.1 Å². The molecule has 6 heteroatoms. The summed E-state index contributed by atoms with van der Waals surface area (Å²) in [5, 5.41) is 5.15. The highest BCUT2D eigenvalue weighted by Crippen LogP contribution is 2.26. The van der Waals surface area contributed by atoms with Crippen molar-refractivity contribution in [3.8, 4) is 0 Å². The Kier molecular flexibility index (Phi) is 7.33. The number of benzene rings is 1. The van der Waals surface area contributed by atoms with E-state index in [0.29, 0.717) is 6.54 Å². The highest BCUT2D eigenvalue weighted by molar-refractivity contribution is 7.98. The topological polar surface area (TPSA) is 45.2 Å². The van der Waals surface area contributed by atoms with Crippen LogP contribution in [0.4, 0.5) is 0 Å². The number of amides is 1. The van der Waals surface area contributed by atoms with E-state index in [2.05, 4.69) is 20.6 Å². The van der Waals surface area contributed by atoms with E-state index in [4.69, 9.17) is 0 Å². The molecule has 0 radical (unpaired) electrons. The third kappa shape index (κ3) is 5.83. The fourth-order valence-corrected chi connectivity index (χ4v) is 4.64. The zero-order valence-electron chi connectivity index (χ0n) is 14.4. The monoisotopic (exact) mass is 375 g/mol. The molecule has 25 heavy (non-hydrogen) atoms. The summed E-state index contributed by atoms with van der Waals surface area (Å²) in [6.07, 6.45) is 5.24. The number of thiazole rings is 1. The molecule has 1 aromatic carbocycles. The lowest BCUT2D eigenvalue weighted by molar-refractivity contribution is 0.0945. The third-order valence-electron chi connectivity index (χ3n) is 4.40. The van der Waals surface area contributed by atoms with Gasteiger partial charge in [0.2, 0.25) is 0 Å². The van der Waals surface area contributed by atoms with Crippen LogP contribution in [0.25, 0.3) is 0 Å². The Bertz CT molecular complexity index is 652. The van der Waals surface area contributed by atoms with Crippen molar-refractivity contribution in [2.24, 2.45) is 0 Å². The molecule has 2 aromatic rings. The van der Waals surface area contributed by atoms with Gasteiger partial charge in [-0.1, -0.05) is 25.0 Å². The average Bonchev–Trinajstić information content (AvgIpc) is 3.03. The van der Waals surface area contributed by atoms with Crippen LogP contribution in [0.3, 0.4) is 0 Å². The molecule has 2 heterocycles. The maximum Gasteiger partial charge on any atom is 0.252 e. The van der Waals surface area contributed by atoms with Gasteiger partial charge in [0, 0.05) is 29.1 Å². The van der Waals surface area contributed by atoms with E-state index in [1.807, 2.05) is 29.8 Å². The summed E-state index contributed by atoms with van der Waals surface area (Å²) < 4.78 is 0. The predicted octanol–water partition coefficient (Wildman–Crippen LogP) is 4.04. The Balaban J connectivity index is 1.50. The zero-order chi connectivity index (χ0) is 17.3. The SMILES string of the molecule is O=C(NCCN1CCCCCC1)c1ccccc1SCc1cscn1. The fourth-order valence-electron chi connectivity index (χ4n) is 3.02. The molecule has 1 aliphatic rings. The van der Waals surface area contributed by atoms with Gasteiger partial charge in [-0.2, -0.15) is 0 Å². The quantitative estimate of drug-likeness (QED) is 0.742. The largest absolute Gasteiger partial charge is 0.351 e. The number of carbonyl (C=O) groups excluding carboxylic acids is 1. The van der Waals surface area contributed by atoms with Crippen molar-refractivity contribution >= 4 is 29.0 Å². The Morgan fingerprint density at radius 2 is 2.00 bits per heavy atom. The first-order valence-electron chi connectivity index (χ1n) is 8.92. The van der Waals surface area contributed by atoms with Gasteiger partial charge in [0.15, 0.2) is 0 Å². The Morgan fingerprint density at radius 1 is 1.20 bits per heavy atom. The smallest absolute Gasteiger partial charge is 0.252 e. The number of hydrogen-bond donors (Lipinski definition) is 1. The molecule has 4 nitrogen and oxygen atoms in total. The lowest BCUT2D eigenvalue weighted by atomic mass is 10.2. The van der Waals surface area contributed by atoms with Crippen molar-refractivity contribution < 1.29 is 4.79 Å². The van der Waals surface area contributed by atoms with Crippen LogP contribution in [0.1, 0.15) is 41.7 Å². The number of thioether (sulfide) groups is 1. The Morgan fingerprint density at radius 3 is 2.76 bits per heavy atom. The first kappa shape index (κ1) is 18.4. The molecule has 134 valence electrons. The molecular weight excluding hydrogens is 350 g/mol. The molecule has 0 saturated carbocycles. The maximum atomic E-state index is 12.6. The molecular formula is C19H25N3OS2. The highest BCUT2D eigenvalue weighted by Gasteiger charge is 2.13. The molecule has 1 fully saturated rings. The molecule has 1 aliphatic heterocycles. The lowest BCUT2D eigenvalue weighted by Crippen LogP contribution is -2.35. The van der Waals surface area contributed by atoms with Crippen molar-refractivity contribution in [1.82, 2.24) is 15.2 Å². The number of likely N-dealkylation sites (tertiary alicyclic amines) is 1. The van der Waals surface area contributed by atoms with Gasteiger partial charge in [0.1, 0.15) is 0 Å². The van der Waals surface area contributed by atoms with E-state index in [-0.39, 0.29) is 5.91 Å². The second-order valence-electron chi connectivity index (χ2n) is 6.28. The lowest BCUT2D eigenvalue weighted by Gasteiger charge is -2.20. The summed E-state index contributed by atoms with van der Waals surface area (Å²) in [6.45, 7) is 3.98. The number of carbonyl (C=O) groups is 1. The number of hydrogen-bond acceptors (Lipinski definition) is 5. The average molecular weight is 376 g/mol. The van der Waals surface area contributed by atoms with Crippen LogP contribution in [0.15, 0.2) is 40.1 Å². The van der Waals surface area contributed by atoms with Gasteiger partial charge in [-0.05, 0) is 38.1 Å². The summed E-state index contributed by atoms with van der Waals surface area (Å²) in [4.78, 5) is 20.4. The van der Waals surface area contributed by atoms with Gasteiger partial charge in [0.05, 0.1) is 16.8 Å². The van der Waals surface area contributed by atoms with E-state index < -0.39 is 0 Å². The minimum absolute atomic E-state index is 0.0243. The minimum Gasteiger partial charge on any atom is -0.351 e. The molecule has 1 saturated heterocycles. The van der Waals surface area contributed by atoms with Gasteiger partial charge in [0.25, 0.3) is 5.91 Å². The van der Waals surface area contributed by atoms with Crippen molar-refractivity contribution in [2.45, 2.75) is 36.3 Å². The normalized spacial score (nSPS) is 15.7.